The number of nitrogens with zero attached hydrogens (tertiary/aromatic N) is 6. The van der Waals surface area contributed by atoms with Gasteiger partial charge >= 0.3 is 6.18 Å². The molecule has 1 saturated heterocycles. The van der Waals surface area contributed by atoms with Gasteiger partial charge < -0.3 is 4.52 Å². The van der Waals surface area contributed by atoms with E-state index in [1.807, 2.05) is 0 Å². The second-order valence-electron chi connectivity index (χ2n) is 7.73. The number of carbonyl (C=O) groups is 2. The molecular weight excluding hydrogens is 477 g/mol. The summed E-state index contributed by atoms with van der Waals surface area (Å²) in [6.07, 6.45) is -4.52. The van der Waals surface area contributed by atoms with Gasteiger partial charge in [-0.3, -0.25) is 14.6 Å². The van der Waals surface area contributed by atoms with E-state index in [1.165, 1.54) is 23.2 Å². The van der Waals surface area contributed by atoms with Crippen molar-refractivity contribution < 1.29 is 27.3 Å². The zero-order valence-corrected chi connectivity index (χ0v) is 18.1. The zero-order valence-electron chi connectivity index (χ0n) is 17.3. The van der Waals surface area contributed by atoms with Crippen molar-refractivity contribution in [2.45, 2.75) is 31.7 Å². The van der Waals surface area contributed by atoms with Crippen LogP contribution in [0.5, 0.6) is 0 Å². The molecule has 2 aliphatic rings. The predicted molar refractivity (Wildman–Crippen MR) is 111 cm³/mol. The number of aryl methyl sites for hydroxylation is 1. The second-order valence-corrected chi connectivity index (χ2v) is 8.14. The highest BCUT2D eigenvalue weighted by Crippen LogP contribution is 2.35. The van der Waals surface area contributed by atoms with E-state index in [2.05, 4.69) is 20.5 Å². The number of hydrogen-bond donors (Lipinski definition) is 0. The molecule has 13 heteroatoms. The molecule has 0 N–H and O–H groups in total. The van der Waals surface area contributed by atoms with Crippen molar-refractivity contribution in [2.75, 3.05) is 4.90 Å². The summed E-state index contributed by atoms with van der Waals surface area (Å²) in [6, 6.07) is 7.26. The van der Waals surface area contributed by atoms with E-state index in [4.69, 9.17) is 16.1 Å². The smallest absolute Gasteiger partial charge is 0.337 e. The van der Waals surface area contributed by atoms with Crippen molar-refractivity contribution >= 4 is 29.1 Å². The monoisotopic (exact) mass is 490 g/mol. The Morgan fingerprint density at radius 2 is 1.91 bits per heavy atom. The van der Waals surface area contributed by atoms with E-state index in [-0.39, 0.29) is 23.8 Å². The number of amides is 2. The molecule has 9 nitrogen and oxygen atoms in total. The quantitative estimate of drug-likeness (QED) is 0.507. The van der Waals surface area contributed by atoms with Crippen LogP contribution in [-0.4, -0.2) is 39.0 Å². The van der Waals surface area contributed by atoms with Crippen LogP contribution < -0.4 is 4.90 Å². The first-order valence-electron chi connectivity index (χ1n) is 9.95. The second kappa shape index (κ2) is 7.90. The van der Waals surface area contributed by atoms with Crippen LogP contribution in [0, 0.1) is 6.92 Å². The highest BCUT2D eigenvalue weighted by Gasteiger charge is 2.55. The molecule has 2 aliphatic heterocycles. The van der Waals surface area contributed by atoms with Crippen LogP contribution in [0.25, 0.3) is 11.4 Å². The Labute approximate surface area is 194 Å². The number of hydrogen-bond acceptors (Lipinski definition) is 8. The third-order valence-corrected chi connectivity index (χ3v) is 5.89. The largest absolute Gasteiger partial charge is 0.416 e. The maximum atomic E-state index is 13.1. The lowest BCUT2D eigenvalue weighted by atomic mass is 10.1. The predicted octanol–water partition coefficient (Wildman–Crippen LogP) is 4.21. The number of aromatic nitrogens is 2. The van der Waals surface area contributed by atoms with Gasteiger partial charge in [0.2, 0.25) is 11.7 Å². The molecule has 0 saturated carbocycles. The molecule has 3 heterocycles. The molecule has 3 aromatic rings. The molecule has 2 amide bonds. The van der Waals surface area contributed by atoms with E-state index in [0.717, 1.165) is 22.6 Å². The molecule has 0 aliphatic carbocycles. The summed E-state index contributed by atoms with van der Waals surface area (Å²) in [4.78, 5) is 31.0. The minimum atomic E-state index is -4.52. The number of imide groups is 1. The van der Waals surface area contributed by atoms with Gasteiger partial charge in [0, 0.05) is 10.6 Å². The van der Waals surface area contributed by atoms with E-state index in [9.17, 15) is 22.8 Å². The summed E-state index contributed by atoms with van der Waals surface area (Å²) in [5.74, 6) is -1.16. The van der Waals surface area contributed by atoms with Crippen LogP contribution in [0.3, 0.4) is 0 Å². The van der Waals surface area contributed by atoms with Crippen LogP contribution in [0.15, 0.2) is 57.3 Å². The van der Waals surface area contributed by atoms with E-state index in [0.29, 0.717) is 10.7 Å². The van der Waals surface area contributed by atoms with Crippen molar-refractivity contribution in [3.63, 3.8) is 0 Å². The molecule has 5 rings (SSSR count). The summed E-state index contributed by atoms with van der Waals surface area (Å²) >= 11 is 6.14. The van der Waals surface area contributed by atoms with E-state index >= 15 is 0 Å². The molecule has 2 atom stereocenters. The molecule has 34 heavy (non-hydrogen) atoms. The van der Waals surface area contributed by atoms with Gasteiger partial charge in [0.05, 0.1) is 11.3 Å². The van der Waals surface area contributed by atoms with Gasteiger partial charge in [-0.15, -0.1) is 0 Å². The van der Waals surface area contributed by atoms with Crippen LogP contribution in [0.1, 0.15) is 17.0 Å². The van der Waals surface area contributed by atoms with Gasteiger partial charge in [0.1, 0.15) is 6.54 Å². The average Bonchev–Trinajstić information content (AvgIpc) is 3.48. The fourth-order valence-electron chi connectivity index (χ4n) is 3.74. The number of rotatable bonds is 4. The lowest BCUT2D eigenvalue weighted by molar-refractivity contribution is -0.137. The highest BCUT2D eigenvalue weighted by molar-refractivity contribution is 6.32. The van der Waals surface area contributed by atoms with Gasteiger partial charge in [0.25, 0.3) is 11.8 Å². The Kier molecular flexibility index (Phi) is 5.12. The molecule has 0 spiro atoms. The van der Waals surface area contributed by atoms with Crippen molar-refractivity contribution in [3.05, 3.63) is 64.5 Å². The Morgan fingerprint density at radius 3 is 2.65 bits per heavy atom. The maximum Gasteiger partial charge on any atom is 0.416 e. The first-order valence-corrected chi connectivity index (χ1v) is 10.3. The summed E-state index contributed by atoms with van der Waals surface area (Å²) < 4.78 is 44.1. The topological polar surface area (TPSA) is 104 Å². The Morgan fingerprint density at radius 1 is 1.12 bits per heavy atom. The molecule has 1 fully saturated rings. The molecule has 0 unspecified atom stereocenters. The molecule has 174 valence electrons. The van der Waals surface area contributed by atoms with Gasteiger partial charge in [0.15, 0.2) is 12.1 Å². The minimum absolute atomic E-state index is 0.0101. The lowest BCUT2D eigenvalue weighted by Gasteiger charge is -2.19. The van der Waals surface area contributed by atoms with Crippen molar-refractivity contribution in [1.29, 1.82) is 0 Å². The van der Waals surface area contributed by atoms with Crippen LogP contribution in [-0.2, 0) is 22.3 Å². The molecule has 1 aromatic heterocycles. The average molecular weight is 491 g/mol. The summed E-state index contributed by atoms with van der Waals surface area (Å²) in [6.45, 7) is 1.63. The zero-order chi connectivity index (χ0) is 24.2. The number of anilines is 1. The number of benzene rings is 2. The Bertz CT molecular complexity index is 1340. The number of halogens is 4. The fraction of sp³-hybridized carbons (Fsp3) is 0.238. The molecular formula is C21H14ClF3N6O3. The lowest BCUT2D eigenvalue weighted by Crippen LogP contribution is -2.39. The van der Waals surface area contributed by atoms with Crippen LogP contribution in [0.2, 0.25) is 5.02 Å². The summed E-state index contributed by atoms with van der Waals surface area (Å²) in [7, 11) is 0. The van der Waals surface area contributed by atoms with Crippen LogP contribution >= 0.6 is 11.6 Å². The SMILES string of the molecule is Cc1ccc(N2C(=O)[C@H]3N=NN(Cc4nc(-c5cccc(C(F)(F)F)c5)no4)[C@H]3C2=O)cc1Cl. The Hall–Kier alpha value is -3.80. The standard InChI is InChI=1S/C21H14ClF3N6O3/c1-10-5-6-13(8-14(10)22)31-19(32)16-17(20(31)33)30(29-27-16)9-15-26-18(28-34-15)11-3-2-4-12(7-11)21(23,24)25/h2-8,16-17H,9H2,1H3/t16-,17+/m0/s1. The number of fused-ring (bicyclic) bond motifs is 1. The highest BCUT2D eigenvalue weighted by atomic mass is 35.5. The summed E-state index contributed by atoms with van der Waals surface area (Å²) in [5, 5.41) is 13.2. The fourth-order valence-corrected chi connectivity index (χ4v) is 3.91. The van der Waals surface area contributed by atoms with Gasteiger partial charge in [-0.25, -0.2) is 4.90 Å². The van der Waals surface area contributed by atoms with Crippen LogP contribution in [0.4, 0.5) is 18.9 Å². The van der Waals surface area contributed by atoms with Crippen molar-refractivity contribution in [3.8, 4) is 11.4 Å². The third kappa shape index (κ3) is 3.69. The normalized spacial score (nSPS) is 19.9. The van der Waals surface area contributed by atoms with Crippen molar-refractivity contribution in [2.24, 2.45) is 10.3 Å². The van der Waals surface area contributed by atoms with Gasteiger partial charge in [-0.2, -0.15) is 23.3 Å². The van der Waals surface area contributed by atoms with E-state index < -0.39 is 35.6 Å². The first-order chi connectivity index (χ1) is 16.1. The van der Waals surface area contributed by atoms with Gasteiger partial charge in [-0.1, -0.05) is 40.2 Å². The molecule has 2 aromatic carbocycles. The third-order valence-electron chi connectivity index (χ3n) is 5.48. The molecule has 0 bridgehead atoms. The minimum Gasteiger partial charge on any atom is -0.337 e. The molecule has 0 radical (unpaired) electrons. The van der Waals surface area contributed by atoms with Gasteiger partial charge in [-0.05, 0) is 36.8 Å². The number of carbonyl (C=O) groups excluding carboxylic acids is 2. The Balaban J connectivity index is 1.36. The summed E-state index contributed by atoms with van der Waals surface area (Å²) in [5.41, 5.74) is 0.373. The first kappa shape index (κ1) is 22.0. The number of alkyl halides is 3. The van der Waals surface area contributed by atoms with E-state index in [1.54, 1.807) is 19.1 Å². The maximum absolute atomic E-state index is 13.1. The van der Waals surface area contributed by atoms with Crippen molar-refractivity contribution in [1.82, 2.24) is 15.1 Å².